The monoisotopic (exact) mass is 365 g/mol. The first kappa shape index (κ1) is 16.0. The Labute approximate surface area is 144 Å². The molecule has 0 saturated carbocycles. The number of thiophene rings is 1. The number of rotatable bonds is 3. The van der Waals surface area contributed by atoms with E-state index < -0.39 is 9.84 Å². The van der Waals surface area contributed by atoms with Crippen LogP contribution in [0.25, 0.3) is 10.1 Å². The standard InChI is InChI=1S/C16H19N3O3S2/c1-24(21,22)15-9-23-14-6-17-13(5-12(14)15)16(20)18-11-4-10-2-3-19(7-10)8-11/h5-6,9-11H,2-4,7-8H2,1H3,(H,18,20)/t10-,11+/m0/s1. The van der Waals surface area contributed by atoms with Gasteiger partial charge in [-0.3, -0.25) is 4.79 Å². The van der Waals surface area contributed by atoms with Crippen molar-refractivity contribution in [3.05, 3.63) is 23.3 Å². The fraction of sp³-hybridized carbons (Fsp3) is 0.500. The van der Waals surface area contributed by atoms with Gasteiger partial charge in [0.1, 0.15) is 5.69 Å². The molecule has 2 saturated heterocycles. The zero-order valence-corrected chi connectivity index (χ0v) is 15.0. The van der Waals surface area contributed by atoms with Gasteiger partial charge in [0.15, 0.2) is 9.84 Å². The minimum Gasteiger partial charge on any atom is -0.347 e. The lowest BCUT2D eigenvalue weighted by Crippen LogP contribution is -2.47. The minimum atomic E-state index is -3.32. The van der Waals surface area contributed by atoms with Crippen LogP contribution in [-0.2, 0) is 9.84 Å². The number of nitrogens with one attached hydrogen (secondary N) is 1. The average molecular weight is 365 g/mol. The number of carbonyl (C=O) groups is 1. The molecule has 0 aromatic carbocycles. The molecule has 4 heterocycles. The predicted molar refractivity (Wildman–Crippen MR) is 93.1 cm³/mol. The van der Waals surface area contributed by atoms with Crippen molar-refractivity contribution in [2.45, 2.75) is 23.8 Å². The molecule has 24 heavy (non-hydrogen) atoms. The molecule has 2 aromatic heterocycles. The maximum atomic E-state index is 12.5. The maximum absolute atomic E-state index is 12.5. The van der Waals surface area contributed by atoms with Gasteiger partial charge in [-0.2, -0.15) is 0 Å². The summed E-state index contributed by atoms with van der Waals surface area (Å²) in [6.45, 7) is 3.15. The molecule has 0 spiro atoms. The van der Waals surface area contributed by atoms with E-state index in [0.717, 1.165) is 30.8 Å². The number of aromatic nitrogens is 1. The fourth-order valence-electron chi connectivity index (χ4n) is 3.74. The second-order valence-electron chi connectivity index (χ2n) is 6.76. The molecular formula is C16H19N3O3S2. The summed E-state index contributed by atoms with van der Waals surface area (Å²) in [5, 5.41) is 5.25. The second kappa shape index (κ2) is 5.79. The molecule has 2 aromatic rings. The summed E-state index contributed by atoms with van der Waals surface area (Å²) in [7, 11) is -3.32. The summed E-state index contributed by atoms with van der Waals surface area (Å²) in [5.74, 6) is 0.447. The van der Waals surface area contributed by atoms with Gasteiger partial charge in [-0.1, -0.05) is 0 Å². The lowest BCUT2D eigenvalue weighted by atomic mass is 9.97. The van der Waals surface area contributed by atoms with Gasteiger partial charge in [0, 0.05) is 42.4 Å². The van der Waals surface area contributed by atoms with Crippen LogP contribution >= 0.6 is 11.3 Å². The Kier molecular flexibility index (Phi) is 3.85. The Morgan fingerprint density at radius 1 is 1.42 bits per heavy atom. The van der Waals surface area contributed by atoms with E-state index in [-0.39, 0.29) is 22.5 Å². The molecule has 2 bridgehead atoms. The van der Waals surface area contributed by atoms with E-state index >= 15 is 0 Å². The van der Waals surface area contributed by atoms with E-state index in [2.05, 4.69) is 15.2 Å². The first-order valence-electron chi connectivity index (χ1n) is 8.00. The number of fused-ring (bicyclic) bond motifs is 3. The quantitative estimate of drug-likeness (QED) is 0.892. The minimum absolute atomic E-state index is 0.146. The molecular weight excluding hydrogens is 346 g/mol. The number of hydrogen-bond acceptors (Lipinski definition) is 6. The first-order valence-corrected chi connectivity index (χ1v) is 10.8. The number of sulfone groups is 1. The highest BCUT2D eigenvalue weighted by Gasteiger charge is 2.33. The van der Waals surface area contributed by atoms with Crippen LogP contribution in [0.4, 0.5) is 0 Å². The van der Waals surface area contributed by atoms with Crippen LogP contribution in [0.5, 0.6) is 0 Å². The Bertz CT molecular complexity index is 894. The van der Waals surface area contributed by atoms with Crippen LogP contribution in [-0.4, -0.2) is 56.1 Å². The molecule has 128 valence electrons. The maximum Gasteiger partial charge on any atom is 0.270 e. The Morgan fingerprint density at radius 3 is 3.00 bits per heavy atom. The van der Waals surface area contributed by atoms with Crippen molar-refractivity contribution in [3.8, 4) is 0 Å². The summed E-state index contributed by atoms with van der Waals surface area (Å²) >= 11 is 1.33. The highest BCUT2D eigenvalue weighted by molar-refractivity contribution is 7.91. The van der Waals surface area contributed by atoms with E-state index in [1.165, 1.54) is 24.0 Å². The van der Waals surface area contributed by atoms with Crippen LogP contribution in [0.2, 0.25) is 0 Å². The summed E-state index contributed by atoms with van der Waals surface area (Å²) < 4.78 is 24.5. The molecule has 2 fully saturated rings. The normalized spacial score (nSPS) is 26.6. The number of nitrogens with zero attached hydrogens (tertiary/aromatic N) is 2. The topological polar surface area (TPSA) is 79.4 Å². The molecule has 1 N–H and O–H groups in total. The summed E-state index contributed by atoms with van der Waals surface area (Å²) in [4.78, 5) is 19.4. The third-order valence-electron chi connectivity index (χ3n) is 4.86. The van der Waals surface area contributed by atoms with E-state index in [9.17, 15) is 13.2 Å². The Morgan fingerprint density at radius 2 is 2.25 bits per heavy atom. The molecule has 3 atom stereocenters. The van der Waals surface area contributed by atoms with Gasteiger partial charge in [0.25, 0.3) is 5.91 Å². The highest BCUT2D eigenvalue weighted by Crippen LogP contribution is 2.30. The van der Waals surface area contributed by atoms with Gasteiger partial charge in [0.2, 0.25) is 0 Å². The van der Waals surface area contributed by atoms with E-state index in [0.29, 0.717) is 11.3 Å². The number of pyridine rings is 1. The summed E-state index contributed by atoms with van der Waals surface area (Å²) in [5.41, 5.74) is 0.277. The van der Waals surface area contributed by atoms with Crippen LogP contribution in [0.15, 0.2) is 22.5 Å². The van der Waals surface area contributed by atoms with Gasteiger partial charge < -0.3 is 10.2 Å². The molecule has 0 radical (unpaired) electrons. The smallest absolute Gasteiger partial charge is 0.270 e. The van der Waals surface area contributed by atoms with Crippen LogP contribution in [0, 0.1) is 5.92 Å². The van der Waals surface area contributed by atoms with Gasteiger partial charge in [-0.05, 0) is 31.4 Å². The van der Waals surface area contributed by atoms with Crippen molar-refractivity contribution in [2.24, 2.45) is 5.92 Å². The average Bonchev–Trinajstić information content (AvgIpc) is 3.09. The van der Waals surface area contributed by atoms with Crippen molar-refractivity contribution in [1.82, 2.24) is 15.2 Å². The third kappa shape index (κ3) is 2.94. The zero-order chi connectivity index (χ0) is 16.9. The molecule has 0 aliphatic carbocycles. The van der Waals surface area contributed by atoms with Crippen LogP contribution in [0.3, 0.4) is 0 Å². The largest absolute Gasteiger partial charge is 0.347 e. The van der Waals surface area contributed by atoms with Gasteiger partial charge in [-0.15, -0.1) is 11.3 Å². The van der Waals surface area contributed by atoms with Crippen molar-refractivity contribution in [2.75, 3.05) is 25.9 Å². The second-order valence-corrected chi connectivity index (χ2v) is 9.65. The van der Waals surface area contributed by atoms with Gasteiger partial charge in [0.05, 0.1) is 9.60 Å². The fourth-order valence-corrected chi connectivity index (χ4v) is 5.99. The SMILES string of the molecule is CS(=O)(=O)c1csc2cnc(C(=O)N[C@@H]3C[C@@H]4CCN(C4)C3)cc12. The Balaban J connectivity index is 1.58. The number of piperidine rings is 1. The highest BCUT2D eigenvalue weighted by atomic mass is 32.2. The van der Waals surface area contributed by atoms with Crippen molar-refractivity contribution in [1.29, 1.82) is 0 Å². The van der Waals surface area contributed by atoms with Gasteiger partial charge >= 0.3 is 0 Å². The van der Waals surface area contributed by atoms with Crippen molar-refractivity contribution < 1.29 is 13.2 Å². The lowest BCUT2D eigenvalue weighted by molar-refractivity contribution is 0.0904. The molecule has 1 unspecified atom stereocenters. The molecule has 1 amide bonds. The van der Waals surface area contributed by atoms with E-state index in [4.69, 9.17) is 0 Å². The first-order chi connectivity index (χ1) is 11.4. The lowest BCUT2D eigenvalue weighted by Gasteiger charge is -2.30. The molecule has 4 rings (SSSR count). The van der Waals surface area contributed by atoms with Crippen LogP contribution < -0.4 is 5.32 Å². The van der Waals surface area contributed by atoms with E-state index in [1.807, 2.05) is 0 Å². The third-order valence-corrected chi connectivity index (χ3v) is 7.08. The van der Waals surface area contributed by atoms with Crippen LogP contribution in [0.1, 0.15) is 23.3 Å². The van der Waals surface area contributed by atoms with Gasteiger partial charge in [-0.25, -0.2) is 13.4 Å². The van der Waals surface area contributed by atoms with E-state index in [1.54, 1.807) is 17.6 Å². The Hall–Kier alpha value is -1.51. The number of hydrogen-bond donors (Lipinski definition) is 1. The summed E-state index contributed by atoms with van der Waals surface area (Å²) in [6.07, 6.45) is 4.99. The van der Waals surface area contributed by atoms with Crippen molar-refractivity contribution in [3.63, 3.8) is 0 Å². The zero-order valence-electron chi connectivity index (χ0n) is 13.4. The molecule has 2 aliphatic heterocycles. The summed E-state index contributed by atoms with van der Waals surface area (Å²) in [6, 6.07) is 1.74. The molecule has 6 nitrogen and oxygen atoms in total. The molecule has 8 heteroatoms. The number of amides is 1. The number of carbonyl (C=O) groups excluding carboxylic acids is 1. The molecule has 2 aliphatic rings. The predicted octanol–water partition coefficient (Wildman–Crippen LogP) is 1.52. The van der Waals surface area contributed by atoms with Crippen molar-refractivity contribution >= 4 is 37.2 Å².